The summed E-state index contributed by atoms with van der Waals surface area (Å²) >= 11 is 0. The summed E-state index contributed by atoms with van der Waals surface area (Å²) in [6.45, 7) is 3.02. The van der Waals surface area contributed by atoms with Crippen molar-refractivity contribution in [2.24, 2.45) is 5.92 Å². The molecule has 0 radical (unpaired) electrons. The van der Waals surface area contributed by atoms with Crippen LogP contribution >= 0.6 is 0 Å². The Bertz CT molecular complexity index is 873. The maximum Gasteiger partial charge on any atom is 0.257 e. The number of hydrogen-bond acceptors (Lipinski definition) is 4. The summed E-state index contributed by atoms with van der Waals surface area (Å²) in [5.41, 5.74) is 0.897. The number of halogens is 1. The predicted octanol–water partition coefficient (Wildman–Crippen LogP) is 2.56. The Hall–Kier alpha value is -2.19. The highest BCUT2D eigenvalue weighted by molar-refractivity contribution is 7.89. The van der Waals surface area contributed by atoms with Crippen LogP contribution in [-0.4, -0.2) is 38.9 Å². The molecular weight excluding hydrogens is 359 g/mol. The molecular formula is C18H21FN2O4S. The van der Waals surface area contributed by atoms with Crippen LogP contribution in [-0.2, 0) is 10.0 Å². The second-order valence-electron chi connectivity index (χ2n) is 6.51. The molecule has 1 fully saturated rings. The number of carbonyl (C=O) groups is 1. The van der Waals surface area contributed by atoms with Gasteiger partial charge in [0.25, 0.3) is 5.91 Å². The normalized spacial score (nSPS) is 16.0. The highest BCUT2D eigenvalue weighted by Gasteiger charge is 2.26. The Morgan fingerprint density at radius 1 is 1.31 bits per heavy atom. The number of likely N-dealkylation sites (tertiary alicyclic amines) is 1. The minimum atomic E-state index is -3.68. The Balaban J connectivity index is 1.54. The van der Waals surface area contributed by atoms with Crippen molar-refractivity contribution in [3.8, 4) is 0 Å². The van der Waals surface area contributed by atoms with Crippen LogP contribution in [0, 0.1) is 18.7 Å². The summed E-state index contributed by atoms with van der Waals surface area (Å²) in [6, 6.07) is 5.25. The van der Waals surface area contributed by atoms with Crippen molar-refractivity contribution >= 4 is 15.9 Å². The number of benzene rings is 1. The lowest BCUT2D eigenvalue weighted by Gasteiger charge is -2.31. The van der Waals surface area contributed by atoms with Crippen molar-refractivity contribution < 1.29 is 22.0 Å². The molecule has 1 N–H and O–H groups in total. The van der Waals surface area contributed by atoms with E-state index in [1.165, 1.54) is 24.7 Å². The average Bonchev–Trinajstić information content (AvgIpc) is 3.14. The second kappa shape index (κ2) is 7.59. The lowest BCUT2D eigenvalue weighted by Crippen LogP contribution is -2.41. The first-order valence-corrected chi connectivity index (χ1v) is 9.92. The van der Waals surface area contributed by atoms with Gasteiger partial charge < -0.3 is 9.32 Å². The summed E-state index contributed by atoms with van der Waals surface area (Å²) in [6.07, 6.45) is 4.32. The molecule has 0 saturated carbocycles. The zero-order valence-corrected chi connectivity index (χ0v) is 15.3. The first kappa shape index (κ1) is 18.6. The number of carbonyl (C=O) groups excluding carboxylic acids is 1. The number of furan rings is 1. The zero-order valence-electron chi connectivity index (χ0n) is 14.4. The van der Waals surface area contributed by atoms with E-state index in [0.29, 0.717) is 43.6 Å². The molecule has 1 aliphatic heterocycles. The molecule has 6 nitrogen and oxygen atoms in total. The van der Waals surface area contributed by atoms with Gasteiger partial charge in [-0.15, -0.1) is 0 Å². The van der Waals surface area contributed by atoms with Crippen molar-refractivity contribution in [3.05, 3.63) is 53.7 Å². The van der Waals surface area contributed by atoms with E-state index in [1.54, 1.807) is 17.9 Å². The molecule has 26 heavy (non-hydrogen) atoms. The van der Waals surface area contributed by atoms with Crippen molar-refractivity contribution in [3.63, 3.8) is 0 Å². The fraction of sp³-hybridized carbons (Fsp3) is 0.389. The van der Waals surface area contributed by atoms with Crippen LogP contribution in [0.3, 0.4) is 0 Å². The van der Waals surface area contributed by atoms with Crippen molar-refractivity contribution in [1.82, 2.24) is 9.62 Å². The molecule has 140 valence electrons. The Morgan fingerprint density at radius 2 is 2.04 bits per heavy atom. The minimum Gasteiger partial charge on any atom is -0.472 e. The summed E-state index contributed by atoms with van der Waals surface area (Å²) < 4.78 is 45.6. The van der Waals surface area contributed by atoms with E-state index in [9.17, 15) is 17.6 Å². The molecule has 0 spiro atoms. The van der Waals surface area contributed by atoms with Gasteiger partial charge in [-0.05, 0) is 55.5 Å². The van der Waals surface area contributed by atoms with Gasteiger partial charge in [0.2, 0.25) is 10.0 Å². The predicted molar refractivity (Wildman–Crippen MR) is 93.7 cm³/mol. The molecule has 3 rings (SSSR count). The van der Waals surface area contributed by atoms with Gasteiger partial charge in [0, 0.05) is 19.6 Å². The lowest BCUT2D eigenvalue weighted by atomic mass is 9.97. The van der Waals surface area contributed by atoms with Gasteiger partial charge in [-0.1, -0.05) is 0 Å². The largest absolute Gasteiger partial charge is 0.472 e. The molecule has 0 bridgehead atoms. The summed E-state index contributed by atoms with van der Waals surface area (Å²) in [5.74, 6) is -0.380. The van der Waals surface area contributed by atoms with Gasteiger partial charge in [-0.3, -0.25) is 4.79 Å². The molecule has 1 aromatic heterocycles. The smallest absolute Gasteiger partial charge is 0.257 e. The van der Waals surface area contributed by atoms with Crippen molar-refractivity contribution in [2.75, 3.05) is 19.6 Å². The van der Waals surface area contributed by atoms with E-state index in [-0.39, 0.29) is 16.7 Å². The van der Waals surface area contributed by atoms with Crippen molar-refractivity contribution in [2.45, 2.75) is 24.7 Å². The van der Waals surface area contributed by atoms with E-state index >= 15 is 0 Å². The van der Waals surface area contributed by atoms with Crippen LogP contribution in [0.1, 0.15) is 28.8 Å². The molecule has 1 aliphatic rings. The third kappa shape index (κ3) is 4.13. The molecule has 1 saturated heterocycles. The number of amides is 1. The molecule has 0 atom stereocenters. The van der Waals surface area contributed by atoms with E-state index in [4.69, 9.17) is 4.42 Å². The van der Waals surface area contributed by atoms with Gasteiger partial charge in [0.05, 0.1) is 16.7 Å². The molecule has 1 aromatic carbocycles. The number of sulfonamides is 1. The van der Waals surface area contributed by atoms with Gasteiger partial charge in [0.1, 0.15) is 12.1 Å². The SMILES string of the molecule is Cc1cc(F)ccc1S(=O)(=O)NCC1CCN(C(=O)c2ccoc2)CC1. The Morgan fingerprint density at radius 3 is 2.65 bits per heavy atom. The summed E-state index contributed by atoms with van der Waals surface area (Å²) in [4.78, 5) is 14.1. The summed E-state index contributed by atoms with van der Waals surface area (Å²) in [5, 5.41) is 0. The lowest BCUT2D eigenvalue weighted by molar-refractivity contribution is 0.0691. The molecule has 0 unspecified atom stereocenters. The highest BCUT2D eigenvalue weighted by Crippen LogP contribution is 2.21. The Kier molecular flexibility index (Phi) is 5.43. The third-order valence-electron chi connectivity index (χ3n) is 4.66. The van der Waals surface area contributed by atoms with Crippen LogP contribution in [0.2, 0.25) is 0 Å². The maximum atomic E-state index is 13.2. The van der Waals surface area contributed by atoms with Crippen molar-refractivity contribution in [1.29, 1.82) is 0 Å². The molecule has 1 amide bonds. The first-order chi connectivity index (χ1) is 12.4. The topological polar surface area (TPSA) is 79.6 Å². The van der Waals surface area contributed by atoms with Crippen LogP contribution in [0.15, 0.2) is 46.1 Å². The molecule has 8 heteroatoms. The van der Waals surface area contributed by atoms with Gasteiger partial charge in [0.15, 0.2) is 0 Å². The first-order valence-electron chi connectivity index (χ1n) is 8.44. The zero-order chi connectivity index (χ0) is 18.7. The molecule has 2 heterocycles. The van der Waals surface area contributed by atoms with Crippen LogP contribution in [0.4, 0.5) is 4.39 Å². The number of piperidine rings is 1. The van der Waals surface area contributed by atoms with E-state index in [2.05, 4.69) is 4.72 Å². The minimum absolute atomic E-state index is 0.0697. The van der Waals surface area contributed by atoms with E-state index in [0.717, 1.165) is 6.07 Å². The average molecular weight is 380 g/mol. The van der Waals surface area contributed by atoms with Crippen LogP contribution in [0.5, 0.6) is 0 Å². The van der Waals surface area contributed by atoms with Crippen LogP contribution < -0.4 is 4.72 Å². The highest BCUT2D eigenvalue weighted by atomic mass is 32.2. The quantitative estimate of drug-likeness (QED) is 0.865. The molecule has 0 aliphatic carbocycles. The number of nitrogens with one attached hydrogen (secondary N) is 1. The van der Waals surface area contributed by atoms with E-state index < -0.39 is 15.8 Å². The number of rotatable bonds is 5. The maximum absolute atomic E-state index is 13.2. The number of nitrogens with zero attached hydrogens (tertiary/aromatic N) is 1. The van der Waals surface area contributed by atoms with Crippen LogP contribution in [0.25, 0.3) is 0 Å². The van der Waals surface area contributed by atoms with Gasteiger partial charge in [-0.25, -0.2) is 17.5 Å². The number of hydrogen-bond donors (Lipinski definition) is 1. The standard InChI is InChI=1S/C18H21FN2O4S/c1-13-10-16(19)2-3-17(13)26(23,24)20-11-14-4-7-21(8-5-14)18(22)15-6-9-25-12-15/h2-3,6,9-10,12,14,20H,4-5,7-8,11H2,1H3. The third-order valence-corrected chi connectivity index (χ3v) is 6.24. The Labute approximate surface area is 152 Å². The second-order valence-corrected chi connectivity index (χ2v) is 8.24. The van der Waals surface area contributed by atoms with Gasteiger partial charge in [-0.2, -0.15) is 0 Å². The fourth-order valence-electron chi connectivity index (χ4n) is 3.13. The van der Waals surface area contributed by atoms with Gasteiger partial charge >= 0.3 is 0 Å². The number of aryl methyl sites for hydroxylation is 1. The van der Waals surface area contributed by atoms with E-state index in [1.807, 2.05) is 0 Å². The molecule has 2 aromatic rings. The summed E-state index contributed by atoms with van der Waals surface area (Å²) in [7, 11) is -3.68. The monoisotopic (exact) mass is 380 g/mol. The fourth-order valence-corrected chi connectivity index (χ4v) is 4.47.